The van der Waals surface area contributed by atoms with E-state index in [1.54, 1.807) is 30.5 Å². The number of ketones is 1. The fourth-order valence-electron chi connectivity index (χ4n) is 1.48. The summed E-state index contributed by atoms with van der Waals surface area (Å²) >= 11 is 1.19. The summed E-state index contributed by atoms with van der Waals surface area (Å²) in [5, 5.41) is 8.04. The molecule has 6 nitrogen and oxygen atoms in total. The first kappa shape index (κ1) is 11.8. The van der Waals surface area contributed by atoms with E-state index in [1.165, 1.54) is 18.0 Å². The molecular weight excluding hydrogens is 266 g/mol. The Morgan fingerprint density at radius 3 is 3.00 bits per heavy atom. The van der Waals surface area contributed by atoms with Crippen LogP contribution in [-0.4, -0.2) is 26.7 Å². The van der Waals surface area contributed by atoms with Crippen molar-refractivity contribution in [2.75, 3.05) is 5.75 Å². The van der Waals surface area contributed by atoms with Gasteiger partial charge in [-0.25, -0.2) is 0 Å². The Morgan fingerprint density at radius 1 is 1.32 bits per heavy atom. The lowest BCUT2D eigenvalue weighted by Gasteiger charge is -1.94. The van der Waals surface area contributed by atoms with E-state index in [1.807, 2.05) is 0 Å². The Balaban J connectivity index is 1.63. The maximum atomic E-state index is 11.8. The molecule has 3 aromatic rings. The van der Waals surface area contributed by atoms with E-state index in [2.05, 4.69) is 15.2 Å². The van der Waals surface area contributed by atoms with E-state index in [4.69, 9.17) is 8.83 Å². The molecule has 0 saturated carbocycles. The summed E-state index contributed by atoms with van der Waals surface area (Å²) in [5.74, 6) is 1.03. The fourth-order valence-corrected chi connectivity index (χ4v) is 2.12. The summed E-state index contributed by atoms with van der Waals surface area (Å²) in [4.78, 5) is 14.6. The Kier molecular flexibility index (Phi) is 3.20. The monoisotopic (exact) mass is 275 g/mol. The number of aromatic amines is 1. The molecule has 0 unspecified atom stereocenters. The van der Waals surface area contributed by atoms with Crippen molar-refractivity contribution in [1.82, 2.24) is 15.2 Å². The summed E-state index contributed by atoms with van der Waals surface area (Å²) < 4.78 is 10.5. The minimum atomic E-state index is -0.0206. The highest BCUT2D eigenvalue weighted by Crippen LogP contribution is 2.23. The number of hydrogen-bond donors (Lipinski definition) is 1. The number of rotatable bonds is 5. The molecule has 0 aliphatic heterocycles. The molecule has 0 atom stereocenters. The fraction of sp³-hybridized carbons (Fsp3) is 0.0833. The van der Waals surface area contributed by atoms with Crippen molar-refractivity contribution in [2.24, 2.45) is 0 Å². The van der Waals surface area contributed by atoms with Gasteiger partial charge in [-0.2, -0.15) is 0 Å². The zero-order valence-corrected chi connectivity index (χ0v) is 10.5. The zero-order chi connectivity index (χ0) is 13.1. The normalized spacial score (nSPS) is 10.7. The van der Waals surface area contributed by atoms with Gasteiger partial charge in [-0.15, -0.1) is 10.2 Å². The molecule has 3 aromatic heterocycles. The molecule has 19 heavy (non-hydrogen) atoms. The molecule has 0 saturated heterocycles. The van der Waals surface area contributed by atoms with Crippen LogP contribution in [0.3, 0.4) is 0 Å². The SMILES string of the molecule is O=C(CSc1nnc(-c2ccco2)o1)c1ccc[nH]1. The number of nitrogens with one attached hydrogen (secondary N) is 1. The minimum Gasteiger partial charge on any atom is -0.459 e. The molecule has 0 amide bonds. The van der Waals surface area contributed by atoms with E-state index < -0.39 is 0 Å². The standard InChI is InChI=1S/C12H9N3O3S/c16-9(8-3-1-5-13-8)7-19-12-15-14-11(18-12)10-4-2-6-17-10/h1-6,13H,7H2. The average Bonchev–Trinajstić information content (AvgIpc) is 3.14. The molecule has 0 aromatic carbocycles. The maximum Gasteiger partial charge on any atom is 0.284 e. The van der Waals surface area contributed by atoms with Gasteiger partial charge in [0.15, 0.2) is 11.5 Å². The van der Waals surface area contributed by atoms with E-state index in [9.17, 15) is 4.79 Å². The molecule has 0 aliphatic carbocycles. The van der Waals surface area contributed by atoms with Crippen LogP contribution in [0.15, 0.2) is 50.8 Å². The van der Waals surface area contributed by atoms with Gasteiger partial charge in [0.1, 0.15) is 0 Å². The molecule has 0 aliphatic rings. The average molecular weight is 275 g/mol. The number of carbonyl (C=O) groups excluding carboxylic acids is 1. The summed E-state index contributed by atoms with van der Waals surface area (Å²) in [7, 11) is 0. The molecule has 0 fully saturated rings. The highest BCUT2D eigenvalue weighted by molar-refractivity contribution is 7.99. The summed E-state index contributed by atoms with van der Waals surface area (Å²) in [6, 6.07) is 6.97. The third-order valence-electron chi connectivity index (χ3n) is 2.36. The van der Waals surface area contributed by atoms with Gasteiger partial charge in [0, 0.05) is 6.20 Å². The second-order valence-corrected chi connectivity index (χ2v) is 4.57. The number of nitrogens with zero attached hydrogens (tertiary/aromatic N) is 2. The summed E-state index contributed by atoms with van der Waals surface area (Å²) in [5.41, 5.74) is 0.568. The number of furan rings is 1. The Hall–Kier alpha value is -2.28. The van der Waals surface area contributed by atoms with E-state index in [0.29, 0.717) is 22.6 Å². The second-order valence-electron chi connectivity index (χ2n) is 3.65. The molecule has 3 rings (SSSR count). The van der Waals surface area contributed by atoms with Crippen molar-refractivity contribution in [1.29, 1.82) is 0 Å². The number of thioether (sulfide) groups is 1. The quantitative estimate of drug-likeness (QED) is 0.569. The Labute approximate surface area is 112 Å². The molecule has 96 valence electrons. The lowest BCUT2D eigenvalue weighted by Crippen LogP contribution is -2.02. The topological polar surface area (TPSA) is 84.9 Å². The van der Waals surface area contributed by atoms with Gasteiger partial charge >= 0.3 is 0 Å². The number of hydrogen-bond acceptors (Lipinski definition) is 6. The van der Waals surface area contributed by atoms with E-state index in [-0.39, 0.29) is 11.5 Å². The van der Waals surface area contributed by atoms with Gasteiger partial charge in [0.25, 0.3) is 11.1 Å². The predicted octanol–water partition coefficient (Wildman–Crippen LogP) is 2.63. The third kappa shape index (κ3) is 2.60. The molecule has 0 radical (unpaired) electrons. The number of H-pyrrole nitrogens is 1. The van der Waals surface area contributed by atoms with Crippen LogP contribution in [-0.2, 0) is 0 Å². The first-order valence-corrected chi connectivity index (χ1v) is 6.48. The van der Waals surface area contributed by atoms with Crippen LogP contribution in [0.25, 0.3) is 11.7 Å². The van der Waals surface area contributed by atoms with Gasteiger partial charge < -0.3 is 13.8 Å². The molecule has 7 heteroatoms. The molecule has 1 N–H and O–H groups in total. The molecular formula is C12H9N3O3S. The van der Waals surface area contributed by atoms with Crippen LogP contribution in [0, 0.1) is 0 Å². The van der Waals surface area contributed by atoms with Gasteiger partial charge in [-0.3, -0.25) is 4.79 Å². The first-order chi connectivity index (χ1) is 9.33. The highest BCUT2D eigenvalue weighted by atomic mass is 32.2. The number of Topliss-reactive ketones (excluding diaryl/α,β-unsaturated/α-hetero) is 1. The van der Waals surface area contributed by atoms with Gasteiger partial charge in [0.05, 0.1) is 17.7 Å². The highest BCUT2D eigenvalue weighted by Gasteiger charge is 2.13. The maximum absolute atomic E-state index is 11.8. The summed E-state index contributed by atoms with van der Waals surface area (Å²) in [6.45, 7) is 0. The lowest BCUT2D eigenvalue weighted by atomic mass is 10.3. The largest absolute Gasteiger partial charge is 0.459 e. The smallest absolute Gasteiger partial charge is 0.284 e. The van der Waals surface area contributed by atoms with E-state index >= 15 is 0 Å². The van der Waals surface area contributed by atoms with E-state index in [0.717, 1.165) is 0 Å². The second kappa shape index (κ2) is 5.15. The predicted molar refractivity (Wildman–Crippen MR) is 67.8 cm³/mol. The van der Waals surface area contributed by atoms with Crippen LogP contribution in [0.4, 0.5) is 0 Å². The minimum absolute atomic E-state index is 0.0206. The van der Waals surface area contributed by atoms with Crippen molar-refractivity contribution in [3.63, 3.8) is 0 Å². The lowest BCUT2D eigenvalue weighted by molar-refractivity contribution is 0.101. The first-order valence-electron chi connectivity index (χ1n) is 5.50. The van der Waals surface area contributed by atoms with Gasteiger partial charge in [-0.05, 0) is 24.3 Å². The molecule has 0 bridgehead atoms. The Morgan fingerprint density at radius 2 is 2.26 bits per heavy atom. The van der Waals surface area contributed by atoms with Crippen LogP contribution < -0.4 is 0 Å². The number of aromatic nitrogens is 3. The van der Waals surface area contributed by atoms with Crippen molar-refractivity contribution in [3.05, 3.63) is 42.4 Å². The Bertz CT molecular complexity index is 658. The third-order valence-corrected chi connectivity index (χ3v) is 3.18. The van der Waals surface area contributed by atoms with Crippen LogP contribution in [0.5, 0.6) is 0 Å². The number of carbonyl (C=O) groups is 1. The summed E-state index contributed by atoms with van der Waals surface area (Å²) in [6.07, 6.45) is 3.24. The molecule has 0 spiro atoms. The van der Waals surface area contributed by atoms with Crippen LogP contribution >= 0.6 is 11.8 Å². The van der Waals surface area contributed by atoms with Crippen LogP contribution in [0.1, 0.15) is 10.5 Å². The van der Waals surface area contributed by atoms with Crippen LogP contribution in [0.2, 0.25) is 0 Å². The van der Waals surface area contributed by atoms with Crippen molar-refractivity contribution in [2.45, 2.75) is 5.22 Å². The zero-order valence-electron chi connectivity index (χ0n) is 9.70. The van der Waals surface area contributed by atoms with Gasteiger partial charge in [-0.1, -0.05) is 11.8 Å². The molecule has 3 heterocycles. The van der Waals surface area contributed by atoms with Crippen molar-refractivity contribution >= 4 is 17.5 Å². The van der Waals surface area contributed by atoms with Crippen molar-refractivity contribution < 1.29 is 13.6 Å². The van der Waals surface area contributed by atoms with Gasteiger partial charge in [0.2, 0.25) is 0 Å². The van der Waals surface area contributed by atoms with Crippen molar-refractivity contribution in [3.8, 4) is 11.7 Å².